The summed E-state index contributed by atoms with van der Waals surface area (Å²) in [4.78, 5) is 82.3. The summed E-state index contributed by atoms with van der Waals surface area (Å²) in [6, 6.07) is -0.0842. The van der Waals surface area contributed by atoms with Crippen LogP contribution < -0.4 is 26.6 Å². The molecule has 16 aliphatic carbocycles. The standard InChI is InChI=1S/C18H24N2O2S.C17H21N3OS.C16H21FN2OS.C16H23N3OS/c1-11(21)13-7-23-15(19-13)20-14(22)18-6-12-4-16(2,9-18)8-17(3,5-12)10-18;1-15-4-11-5-16(2,8-15)10-17(6-11,9-15)13(21)20-14-19-12(18-3)7-22-14;1-14-3-10-4-15(2,7-14)9-16(5-10,8-14)12(20)19-13-18-11(17)6-21-13;1-14-5-11-6-15(2,8-14)10-16(7-11,9-14)19-12(20)18-13-17-3-4-21-13/h7,12H,4-6,8-10H2,1-3H3,(H,19,20,22);7,11H,4-6,8-10H2,1-2H3,(H,19,20,21);6,10H,3-5,7-9H2,1-2H3,(H,18,19,20);3-4,11H,5-10H2,1-2H3,(H2,17,18,19,20). The van der Waals surface area contributed by atoms with Crippen molar-refractivity contribution in [2.45, 2.75) is 222 Å². The summed E-state index contributed by atoms with van der Waals surface area (Å²) in [6.07, 6.45) is 29.7. The van der Waals surface area contributed by atoms with Crippen molar-refractivity contribution < 1.29 is 28.4 Å². The minimum atomic E-state index is -0.514. The fourth-order valence-corrected chi connectivity index (χ4v) is 27.7. The summed E-state index contributed by atoms with van der Waals surface area (Å²) in [5.74, 6) is 2.98. The largest absolute Gasteiger partial charge is 0.360 e. The van der Waals surface area contributed by atoms with Crippen molar-refractivity contribution in [3.8, 4) is 0 Å². The number of nitrogens with one attached hydrogen (secondary N) is 5. The van der Waals surface area contributed by atoms with Crippen molar-refractivity contribution in [3.05, 3.63) is 50.8 Å². The van der Waals surface area contributed by atoms with Gasteiger partial charge in [0.05, 0.1) is 16.2 Å². The molecule has 8 atom stereocenters. The lowest BCUT2D eigenvalue weighted by Gasteiger charge is -2.65. The fraction of sp³-hybridized carbons (Fsp3) is 0.731. The summed E-state index contributed by atoms with van der Waals surface area (Å²) in [7, 11) is 0. The Labute approximate surface area is 528 Å². The minimum Gasteiger partial charge on any atom is -0.360 e. The van der Waals surface area contributed by atoms with Crippen molar-refractivity contribution in [1.82, 2.24) is 25.3 Å². The van der Waals surface area contributed by atoms with Crippen LogP contribution in [0.15, 0.2) is 27.7 Å². The van der Waals surface area contributed by atoms with Crippen molar-refractivity contribution >= 4 is 101 Å². The molecule has 4 heterocycles. The Morgan fingerprint density at radius 2 is 0.851 bits per heavy atom. The van der Waals surface area contributed by atoms with E-state index in [0.29, 0.717) is 93.1 Å². The summed E-state index contributed by atoms with van der Waals surface area (Å²) >= 11 is 5.31. The van der Waals surface area contributed by atoms with E-state index in [4.69, 9.17) is 6.57 Å². The van der Waals surface area contributed by atoms with E-state index in [1.807, 2.05) is 5.38 Å². The zero-order valence-electron chi connectivity index (χ0n) is 52.5. The van der Waals surface area contributed by atoms with E-state index in [1.165, 1.54) is 123 Å². The Morgan fingerprint density at radius 1 is 0.471 bits per heavy atom. The average molecular weight is 1260 g/mol. The van der Waals surface area contributed by atoms with Crippen LogP contribution in [0.3, 0.4) is 0 Å². The molecule has 0 radical (unpaired) electrons. The Morgan fingerprint density at radius 3 is 1.18 bits per heavy atom. The fourth-order valence-electron chi connectivity index (χ4n) is 25.2. The molecule has 20 heteroatoms. The number of amides is 5. The van der Waals surface area contributed by atoms with Crippen LogP contribution in [0.1, 0.15) is 227 Å². The van der Waals surface area contributed by atoms with E-state index in [2.05, 4.69) is 107 Å². The van der Waals surface area contributed by atoms with Crippen LogP contribution in [-0.4, -0.2) is 55.0 Å². The summed E-state index contributed by atoms with van der Waals surface area (Å²) in [5, 5.41) is 24.0. The van der Waals surface area contributed by atoms with Gasteiger partial charge in [-0.25, -0.2) is 14.8 Å². The number of rotatable bonds is 9. The zero-order chi connectivity index (χ0) is 61.6. The molecule has 8 unspecified atom stereocenters. The zero-order valence-corrected chi connectivity index (χ0v) is 55.7. The number of aromatic nitrogens is 4. The van der Waals surface area contributed by atoms with Crippen LogP contribution in [0.25, 0.3) is 4.85 Å². The predicted octanol–water partition coefficient (Wildman–Crippen LogP) is 17.1. The number of Topliss-reactive ketones (excluding diaryl/α,β-unsaturated/α-hetero) is 1. The van der Waals surface area contributed by atoms with Gasteiger partial charge in [-0.15, -0.1) is 34.0 Å². The SMILES string of the molecule is CC(=O)c1csc(NC(=O)C23CC4CC(C)(CC(C)(C4)C2)C3)n1.CC12CC3CC(C)(C1)CC(C(=O)Nc1nc(F)cs1)(C3)C2.CC12CC3CC(C)(C1)CC(NC(=O)Nc1nccs1)(C3)C2.[C-]#[N+]c1csc(NC(=O)C23CC4CC(C)(CC(C)(C4)C2)C3)n1. The topological polar surface area (TPSA) is 201 Å². The number of carbonyl (C=O) groups is 5. The van der Waals surface area contributed by atoms with E-state index >= 15 is 0 Å². The highest BCUT2D eigenvalue weighted by Gasteiger charge is 2.66. The lowest BCUT2D eigenvalue weighted by molar-refractivity contribution is -0.165. The molecule has 0 saturated heterocycles. The lowest BCUT2D eigenvalue weighted by Crippen LogP contribution is -2.65. The van der Waals surface area contributed by atoms with Gasteiger partial charge in [-0.2, -0.15) is 9.37 Å². The molecule has 16 aliphatic rings. The molecule has 4 aromatic heterocycles. The highest BCUT2D eigenvalue weighted by Crippen LogP contribution is 2.73. The number of urea groups is 1. The Hall–Kier alpha value is -4.71. The summed E-state index contributed by atoms with van der Waals surface area (Å²) < 4.78 is 13.0. The second kappa shape index (κ2) is 20.9. The van der Waals surface area contributed by atoms with Gasteiger partial charge in [0.1, 0.15) is 5.69 Å². The number of hydrogen-bond donors (Lipinski definition) is 5. The molecule has 87 heavy (non-hydrogen) atoms. The molecule has 4 aromatic rings. The number of carbonyl (C=O) groups excluding carboxylic acids is 5. The molecule has 0 aliphatic heterocycles. The van der Waals surface area contributed by atoms with Crippen molar-refractivity contribution in [1.29, 1.82) is 0 Å². The van der Waals surface area contributed by atoms with Gasteiger partial charge in [0.2, 0.25) is 23.7 Å². The smallest absolute Gasteiger partial charge is 0.321 e. The summed E-state index contributed by atoms with van der Waals surface area (Å²) in [6.45, 7) is 27.5. The third-order valence-corrected chi connectivity index (χ3v) is 26.5. The van der Waals surface area contributed by atoms with Crippen molar-refractivity contribution in [2.24, 2.45) is 83.2 Å². The molecule has 5 N–H and O–H groups in total. The number of ketones is 1. The molecule has 16 bridgehead atoms. The van der Waals surface area contributed by atoms with Crippen molar-refractivity contribution in [3.63, 3.8) is 0 Å². The van der Waals surface area contributed by atoms with Gasteiger partial charge in [-0.05, 0) is 221 Å². The average Bonchev–Trinajstić information content (AvgIpc) is 1.13. The Balaban J connectivity index is 0.000000107. The van der Waals surface area contributed by atoms with Gasteiger partial charge in [-0.1, -0.05) is 78.3 Å². The molecule has 15 nitrogen and oxygen atoms in total. The first kappa shape index (κ1) is 61.2. The number of thiazole rings is 4. The van der Waals surface area contributed by atoms with Crippen molar-refractivity contribution in [2.75, 3.05) is 21.3 Å². The van der Waals surface area contributed by atoms with Gasteiger partial charge < -0.3 is 20.8 Å². The number of nitrogens with zero attached hydrogens (tertiary/aromatic N) is 5. The molecule has 5 amide bonds. The third-order valence-electron chi connectivity index (χ3n) is 23.6. The first-order chi connectivity index (χ1) is 40.7. The van der Waals surface area contributed by atoms with Gasteiger partial charge >= 0.3 is 6.03 Å². The van der Waals surface area contributed by atoms with Gasteiger partial charge in [-0.3, -0.25) is 29.8 Å². The van der Waals surface area contributed by atoms with Crippen LogP contribution in [0.4, 0.5) is 35.5 Å². The number of halogens is 1. The first-order valence-electron chi connectivity index (χ1n) is 32.1. The van der Waals surface area contributed by atoms with Gasteiger partial charge in [0.15, 0.2) is 21.2 Å². The third kappa shape index (κ3) is 12.0. The molecule has 16 fully saturated rings. The molecule has 0 spiro atoms. The quantitative estimate of drug-likeness (QED) is 0.0798. The van der Waals surface area contributed by atoms with Gasteiger partial charge in [0, 0.05) is 40.2 Å². The second-order valence-corrected chi connectivity index (χ2v) is 37.6. The van der Waals surface area contributed by atoms with Crippen LogP contribution in [-0.2, 0) is 14.4 Å². The van der Waals surface area contributed by atoms with Crippen LogP contribution in [0.5, 0.6) is 0 Å². The highest BCUT2D eigenvalue weighted by molar-refractivity contribution is 7.15. The Kier molecular flexibility index (Phi) is 14.7. The van der Waals surface area contributed by atoms with E-state index in [-0.39, 0.29) is 51.3 Å². The number of anilines is 4. The molecular formula is C67H89FN10O5S4. The van der Waals surface area contributed by atoms with E-state index in [9.17, 15) is 28.4 Å². The maximum Gasteiger partial charge on any atom is 0.321 e. The maximum atomic E-state index is 13.1. The molecule has 16 saturated carbocycles. The van der Waals surface area contributed by atoms with Crippen LogP contribution in [0, 0.1) is 95.8 Å². The van der Waals surface area contributed by atoms with E-state index < -0.39 is 5.95 Å². The number of hydrogen-bond acceptors (Lipinski definition) is 13. The molecule has 0 aromatic carbocycles. The monoisotopic (exact) mass is 1260 g/mol. The minimum absolute atomic E-state index is 0.00423. The lowest BCUT2D eigenvalue weighted by atomic mass is 9.40. The molecule has 468 valence electrons. The van der Waals surface area contributed by atoms with Crippen LogP contribution >= 0.6 is 45.3 Å². The Bertz CT molecular complexity index is 3390. The normalized spacial score (nSPS) is 42.7. The van der Waals surface area contributed by atoms with Crippen LogP contribution in [0.2, 0.25) is 0 Å². The summed E-state index contributed by atoms with van der Waals surface area (Å²) in [5.41, 5.74) is 2.48. The van der Waals surface area contributed by atoms with Gasteiger partial charge in [0.25, 0.3) is 10.9 Å². The van der Waals surface area contributed by atoms with E-state index in [0.717, 1.165) is 94.3 Å². The van der Waals surface area contributed by atoms with E-state index in [1.54, 1.807) is 17.0 Å². The first-order valence-corrected chi connectivity index (χ1v) is 35.6. The highest BCUT2D eigenvalue weighted by atomic mass is 32.1. The molecule has 20 rings (SSSR count). The second-order valence-electron chi connectivity index (χ2n) is 34.1. The molecular weight excluding hydrogens is 1170 g/mol. The maximum absolute atomic E-state index is 13.1. The predicted molar refractivity (Wildman–Crippen MR) is 342 cm³/mol.